The summed E-state index contributed by atoms with van der Waals surface area (Å²) in [6, 6.07) is 0. The Morgan fingerprint density at radius 3 is 2.76 bits per heavy atom. The van der Waals surface area contributed by atoms with Gasteiger partial charge in [0.2, 0.25) is 0 Å². The van der Waals surface area contributed by atoms with Crippen LogP contribution in [0, 0.1) is 0 Å². The average molecular weight is 246 g/mol. The fourth-order valence-corrected chi connectivity index (χ4v) is 2.57. The molecule has 1 heterocycles. The van der Waals surface area contributed by atoms with E-state index >= 15 is 0 Å². The molecule has 3 unspecified atom stereocenters. The maximum Gasteiger partial charge on any atom is 0.171 e. The van der Waals surface area contributed by atoms with Crippen molar-refractivity contribution >= 4 is 0 Å². The number of rotatable bonds is 4. The second-order valence-electron chi connectivity index (χ2n) is 4.86. The van der Waals surface area contributed by atoms with E-state index in [0.717, 1.165) is 6.42 Å². The Kier molecular flexibility index (Phi) is 4.38. The van der Waals surface area contributed by atoms with Crippen LogP contribution in [0.5, 0.6) is 0 Å². The molecule has 1 aliphatic heterocycles. The Morgan fingerprint density at radius 2 is 2.12 bits per heavy atom. The third-order valence-corrected chi connectivity index (χ3v) is 3.38. The highest BCUT2D eigenvalue weighted by Gasteiger charge is 2.45. The first-order chi connectivity index (χ1) is 8.15. The highest BCUT2D eigenvalue weighted by atomic mass is 16.7. The van der Waals surface area contributed by atoms with Crippen LogP contribution in [0.15, 0.2) is 0 Å². The fourth-order valence-electron chi connectivity index (χ4n) is 2.57. The van der Waals surface area contributed by atoms with Crippen LogP contribution in [0.2, 0.25) is 0 Å². The van der Waals surface area contributed by atoms with Crippen LogP contribution in [0.1, 0.15) is 26.2 Å². The molecular formula is C12H22O5. The molecule has 1 aliphatic carbocycles. The smallest absolute Gasteiger partial charge is 0.171 e. The molecule has 17 heavy (non-hydrogen) atoms. The van der Waals surface area contributed by atoms with E-state index in [2.05, 4.69) is 0 Å². The van der Waals surface area contributed by atoms with Gasteiger partial charge in [-0.3, -0.25) is 0 Å². The molecular weight excluding hydrogens is 224 g/mol. The normalized spacial score (nSPS) is 34.1. The van der Waals surface area contributed by atoms with Gasteiger partial charge in [0.05, 0.1) is 38.1 Å². The number of aliphatic hydroxyl groups is 1. The Balaban J connectivity index is 1.90. The number of hydrogen-bond donors (Lipinski definition) is 1. The van der Waals surface area contributed by atoms with Crippen molar-refractivity contribution in [2.45, 2.75) is 50.3 Å². The van der Waals surface area contributed by atoms with E-state index < -0.39 is 11.9 Å². The van der Waals surface area contributed by atoms with Gasteiger partial charge in [-0.2, -0.15) is 0 Å². The molecule has 1 saturated heterocycles. The van der Waals surface area contributed by atoms with Crippen molar-refractivity contribution < 1.29 is 24.1 Å². The van der Waals surface area contributed by atoms with Crippen LogP contribution in [0.25, 0.3) is 0 Å². The van der Waals surface area contributed by atoms with Gasteiger partial charge in [-0.1, -0.05) is 0 Å². The molecule has 2 aliphatic rings. The van der Waals surface area contributed by atoms with Gasteiger partial charge >= 0.3 is 0 Å². The molecule has 0 aromatic heterocycles. The SMILES string of the molecule is COCC(C)OC1CC2(CCC1O)OCCO2. The summed E-state index contributed by atoms with van der Waals surface area (Å²) in [6.07, 6.45) is 1.30. The summed E-state index contributed by atoms with van der Waals surface area (Å²) in [5.41, 5.74) is 0. The van der Waals surface area contributed by atoms with Crippen molar-refractivity contribution in [3.63, 3.8) is 0 Å². The summed E-state index contributed by atoms with van der Waals surface area (Å²) < 4.78 is 22.1. The molecule has 0 radical (unpaired) electrons. The van der Waals surface area contributed by atoms with Crippen LogP contribution in [-0.2, 0) is 18.9 Å². The molecule has 0 bridgehead atoms. The molecule has 1 spiro atoms. The van der Waals surface area contributed by atoms with E-state index in [-0.39, 0.29) is 12.2 Å². The van der Waals surface area contributed by atoms with Crippen molar-refractivity contribution in [3.05, 3.63) is 0 Å². The van der Waals surface area contributed by atoms with Crippen molar-refractivity contribution in [2.75, 3.05) is 26.9 Å². The zero-order chi connectivity index (χ0) is 12.3. The van der Waals surface area contributed by atoms with Gasteiger partial charge in [-0.25, -0.2) is 0 Å². The molecule has 0 amide bonds. The third-order valence-electron chi connectivity index (χ3n) is 3.38. The van der Waals surface area contributed by atoms with Gasteiger partial charge in [0.25, 0.3) is 0 Å². The Morgan fingerprint density at radius 1 is 1.41 bits per heavy atom. The molecule has 5 nitrogen and oxygen atoms in total. The van der Waals surface area contributed by atoms with Gasteiger partial charge in [0.1, 0.15) is 0 Å². The minimum Gasteiger partial charge on any atom is -0.390 e. The molecule has 1 N–H and O–H groups in total. The zero-order valence-electron chi connectivity index (χ0n) is 10.6. The zero-order valence-corrected chi connectivity index (χ0v) is 10.6. The molecule has 100 valence electrons. The lowest BCUT2D eigenvalue weighted by atomic mass is 9.89. The summed E-state index contributed by atoms with van der Waals surface area (Å²) in [5, 5.41) is 9.95. The number of ether oxygens (including phenoxy) is 4. The van der Waals surface area contributed by atoms with Crippen LogP contribution >= 0.6 is 0 Å². The summed E-state index contributed by atoms with van der Waals surface area (Å²) in [6.45, 7) is 3.73. The Hall–Kier alpha value is -0.200. The monoisotopic (exact) mass is 246 g/mol. The molecule has 0 aromatic rings. The standard InChI is InChI=1S/C12H22O5/c1-9(8-14-2)17-11-7-12(4-3-10(11)13)15-5-6-16-12/h9-11,13H,3-8H2,1-2H3. The summed E-state index contributed by atoms with van der Waals surface area (Å²) in [4.78, 5) is 0. The predicted molar refractivity (Wildman–Crippen MR) is 60.7 cm³/mol. The highest BCUT2D eigenvalue weighted by molar-refractivity contribution is 4.89. The van der Waals surface area contributed by atoms with E-state index in [9.17, 15) is 5.11 Å². The summed E-state index contributed by atoms with van der Waals surface area (Å²) in [7, 11) is 1.64. The molecule has 0 aromatic carbocycles. The average Bonchev–Trinajstić information content (AvgIpc) is 2.73. The first kappa shape index (κ1) is 13.2. The van der Waals surface area contributed by atoms with E-state index in [1.807, 2.05) is 6.92 Å². The second-order valence-corrected chi connectivity index (χ2v) is 4.86. The molecule has 5 heteroatoms. The van der Waals surface area contributed by atoms with E-state index in [1.165, 1.54) is 0 Å². The number of hydrogen-bond acceptors (Lipinski definition) is 5. The Bertz CT molecular complexity index is 239. The van der Waals surface area contributed by atoms with Gasteiger partial charge in [0, 0.05) is 20.0 Å². The van der Waals surface area contributed by atoms with Crippen molar-refractivity contribution in [1.29, 1.82) is 0 Å². The fraction of sp³-hybridized carbons (Fsp3) is 1.00. The molecule has 1 saturated carbocycles. The van der Waals surface area contributed by atoms with Gasteiger partial charge < -0.3 is 24.1 Å². The lowest BCUT2D eigenvalue weighted by molar-refractivity contribution is -0.229. The molecule has 2 fully saturated rings. The maximum absolute atomic E-state index is 9.95. The van der Waals surface area contributed by atoms with Gasteiger partial charge in [0.15, 0.2) is 5.79 Å². The van der Waals surface area contributed by atoms with Crippen molar-refractivity contribution in [1.82, 2.24) is 0 Å². The second kappa shape index (κ2) is 5.63. The molecule has 3 atom stereocenters. The quantitative estimate of drug-likeness (QED) is 0.791. The first-order valence-electron chi connectivity index (χ1n) is 6.25. The lowest BCUT2D eigenvalue weighted by Crippen LogP contribution is -2.47. The minimum absolute atomic E-state index is 0.0313. The van der Waals surface area contributed by atoms with Crippen LogP contribution in [-0.4, -0.2) is 56.1 Å². The first-order valence-corrected chi connectivity index (χ1v) is 6.25. The van der Waals surface area contributed by atoms with Crippen LogP contribution in [0.3, 0.4) is 0 Å². The van der Waals surface area contributed by atoms with Gasteiger partial charge in [-0.15, -0.1) is 0 Å². The summed E-state index contributed by atoms with van der Waals surface area (Å²) in [5.74, 6) is -0.517. The topological polar surface area (TPSA) is 57.2 Å². The van der Waals surface area contributed by atoms with Gasteiger partial charge in [-0.05, 0) is 13.3 Å². The Labute approximate surface area is 102 Å². The maximum atomic E-state index is 9.95. The van der Waals surface area contributed by atoms with E-state index in [1.54, 1.807) is 7.11 Å². The third kappa shape index (κ3) is 3.17. The van der Waals surface area contributed by atoms with Crippen molar-refractivity contribution in [3.8, 4) is 0 Å². The highest BCUT2D eigenvalue weighted by Crippen LogP contribution is 2.37. The van der Waals surface area contributed by atoms with Crippen LogP contribution < -0.4 is 0 Å². The molecule has 2 rings (SSSR count). The lowest BCUT2D eigenvalue weighted by Gasteiger charge is -2.39. The largest absolute Gasteiger partial charge is 0.390 e. The number of aliphatic hydroxyl groups excluding tert-OH is 1. The number of methoxy groups -OCH3 is 1. The van der Waals surface area contributed by atoms with Crippen LogP contribution in [0.4, 0.5) is 0 Å². The summed E-state index contributed by atoms with van der Waals surface area (Å²) >= 11 is 0. The van der Waals surface area contributed by atoms with E-state index in [0.29, 0.717) is 32.7 Å². The minimum atomic E-state index is -0.517. The van der Waals surface area contributed by atoms with Crippen molar-refractivity contribution in [2.24, 2.45) is 0 Å². The van der Waals surface area contributed by atoms with E-state index in [4.69, 9.17) is 18.9 Å². The predicted octanol–water partition coefficient (Wildman–Crippen LogP) is 0.694.